The van der Waals surface area contributed by atoms with Gasteiger partial charge in [0.15, 0.2) is 0 Å². The van der Waals surface area contributed by atoms with Crippen LogP contribution < -0.4 is 5.32 Å². The van der Waals surface area contributed by atoms with Crippen LogP contribution in [0.5, 0.6) is 0 Å². The lowest BCUT2D eigenvalue weighted by Crippen LogP contribution is -2.05. The van der Waals surface area contributed by atoms with Gasteiger partial charge in [-0.25, -0.2) is 14.4 Å². The molecule has 0 aliphatic rings. The summed E-state index contributed by atoms with van der Waals surface area (Å²) in [5.74, 6) is 0.818. The molecule has 2 rings (SSSR count). The van der Waals surface area contributed by atoms with Crippen LogP contribution in [-0.2, 0) is 6.54 Å². The number of nitrogens with zero attached hydrogens (tertiary/aromatic N) is 2. The van der Waals surface area contributed by atoms with Crippen molar-refractivity contribution in [3.8, 4) is 0 Å². The van der Waals surface area contributed by atoms with E-state index in [-0.39, 0.29) is 5.82 Å². The van der Waals surface area contributed by atoms with E-state index in [1.165, 1.54) is 12.4 Å². The van der Waals surface area contributed by atoms with Crippen LogP contribution in [0, 0.1) is 5.82 Å². The Morgan fingerprint density at radius 1 is 1.26 bits per heavy atom. The van der Waals surface area contributed by atoms with Gasteiger partial charge in [-0.3, -0.25) is 0 Å². The van der Waals surface area contributed by atoms with Gasteiger partial charge in [-0.05, 0) is 24.1 Å². The van der Waals surface area contributed by atoms with Crippen molar-refractivity contribution in [1.29, 1.82) is 0 Å². The zero-order chi connectivity index (χ0) is 13.8. The second-order valence-corrected chi connectivity index (χ2v) is 5.49. The van der Waals surface area contributed by atoms with Crippen molar-refractivity contribution in [1.82, 2.24) is 9.97 Å². The molecule has 5 heteroatoms. The van der Waals surface area contributed by atoms with Crippen LogP contribution >= 0.6 is 15.9 Å². The third-order valence-electron chi connectivity index (χ3n) is 2.75. The Morgan fingerprint density at radius 3 is 2.79 bits per heavy atom. The molecule has 1 aromatic heterocycles. The molecule has 0 aliphatic carbocycles. The lowest BCUT2D eigenvalue weighted by atomic mass is 10.1. The van der Waals surface area contributed by atoms with Crippen molar-refractivity contribution in [2.24, 2.45) is 0 Å². The summed E-state index contributed by atoms with van der Waals surface area (Å²) in [5, 5.41) is 3.11. The fourth-order valence-corrected chi connectivity index (χ4v) is 2.06. The summed E-state index contributed by atoms with van der Waals surface area (Å²) in [6.07, 6.45) is 1.52. The Hall–Kier alpha value is -1.49. The van der Waals surface area contributed by atoms with Gasteiger partial charge in [0.1, 0.15) is 18.0 Å². The molecule has 19 heavy (non-hydrogen) atoms. The minimum atomic E-state index is -0.228. The highest BCUT2D eigenvalue weighted by Gasteiger charge is 2.05. The van der Waals surface area contributed by atoms with Crippen LogP contribution in [0.3, 0.4) is 0 Å². The van der Waals surface area contributed by atoms with E-state index in [2.05, 4.69) is 45.1 Å². The Morgan fingerprint density at radius 2 is 2.05 bits per heavy atom. The predicted molar refractivity (Wildman–Crippen MR) is 77.5 cm³/mol. The average molecular weight is 324 g/mol. The summed E-state index contributed by atoms with van der Waals surface area (Å²) < 4.78 is 14.4. The zero-order valence-electron chi connectivity index (χ0n) is 10.8. The minimum absolute atomic E-state index is 0.228. The van der Waals surface area contributed by atoms with Crippen LogP contribution in [0.25, 0.3) is 0 Å². The highest BCUT2D eigenvalue weighted by Crippen LogP contribution is 2.18. The topological polar surface area (TPSA) is 37.8 Å². The van der Waals surface area contributed by atoms with Crippen molar-refractivity contribution in [2.75, 3.05) is 5.32 Å². The molecular formula is C14H15BrFN3. The first-order chi connectivity index (χ1) is 9.06. The van der Waals surface area contributed by atoms with Gasteiger partial charge in [0.2, 0.25) is 0 Å². The SMILES string of the molecule is CC(C)c1cc(NCc2cc(Br)ccc2F)ncn1. The molecule has 0 bridgehead atoms. The molecule has 1 N–H and O–H groups in total. The lowest BCUT2D eigenvalue weighted by molar-refractivity contribution is 0.612. The van der Waals surface area contributed by atoms with E-state index in [4.69, 9.17) is 0 Å². The molecule has 0 atom stereocenters. The first-order valence-electron chi connectivity index (χ1n) is 6.06. The third-order valence-corrected chi connectivity index (χ3v) is 3.24. The van der Waals surface area contributed by atoms with Gasteiger partial charge in [0.25, 0.3) is 0 Å². The van der Waals surface area contributed by atoms with E-state index < -0.39 is 0 Å². The molecule has 100 valence electrons. The quantitative estimate of drug-likeness (QED) is 0.919. The molecule has 1 aromatic carbocycles. The van der Waals surface area contributed by atoms with E-state index in [0.29, 0.717) is 23.8 Å². The van der Waals surface area contributed by atoms with Gasteiger partial charge in [0.05, 0.1) is 0 Å². The van der Waals surface area contributed by atoms with Crippen molar-refractivity contribution in [2.45, 2.75) is 26.3 Å². The number of nitrogens with one attached hydrogen (secondary N) is 1. The zero-order valence-corrected chi connectivity index (χ0v) is 12.4. The summed E-state index contributed by atoms with van der Waals surface area (Å²) in [6, 6.07) is 6.77. The number of anilines is 1. The molecular weight excluding hydrogens is 309 g/mol. The van der Waals surface area contributed by atoms with Gasteiger partial charge in [-0.15, -0.1) is 0 Å². The molecule has 3 nitrogen and oxygen atoms in total. The summed E-state index contributed by atoms with van der Waals surface area (Å²) in [6.45, 7) is 4.53. The van der Waals surface area contributed by atoms with Crippen molar-refractivity contribution >= 4 is 21.7 Å². The number of aromatic nitrogens is 2. The maximum absolute atomic E-state index is 13.6. The van der Waals surface area contributed by atoms with Crippen molar-refractivity contribution in [3.63, 3.8) is 0 Å². The molecule has 0 spiro atoms. The fourth-order valence-electron chi connectivity index (χ4n) is 1.65. The third kappa shape index (κ3) is 3.73. The number of rotatable bonds is 4. The first kappa shape index (κ1) is 13.9. The number of benzene rings is 1. The van der Waals surface area contributed by atoms with Crippen LogP contribution in [0.15, 0.2) is 35.1 Å². The minimum Gasteiger partial charge on any atom is -0.366 e. The normalized spacial score (nSPS) is 10.8. The van der Waals surface area contributed by atoms with Gasteiger partial charge in [0, 0.05) is 28.3 Å². The molecule has 0 saturated heterocycles. The monoisotopic (exact) mass is 323 g/mol. The van der Waals surface area contributed by atoms with Crippen LogP contribution in [0.1, 0.15) is 31.0 Å². The Bertz CT molecular complexity index is 572. The lowest BCUT2D eigenvalue weighted by Gasteiger charge is -2.09. The van der Waals surface area contributed by atoms with Crippen LogP contribution in [0.4, 0.5) is 10.2 Å². The van der Waals surface area contributed by atoms with Crippen LogP contribution in [0.2, 0.25) is 0 Å². The smallest absolute Gasteiger partial charge is 0.129 e. The Labute approximate surface area is 120 Å². The molecule has 0 fully saturated rings. The van der Waals surface area contributed by atoms with E-state index in [0.717, 1.165) is 10.2 Å². The van der Waals surface area contributed by atoms with E-state index in [9.17, 15) is 4.39 Å². The van der Waals surface area contributed by atoms with E-state index in [1.54, 1.807) is 12.1 Å². The number of hydrogen-bond donors (Lipinski definition) is 1. The van der Waals surface area contributed by atoms with E-state index >= 15 is 0 Å². The average Bonchev–Trinajstić information content (AvgIpc) is 2.40. The number of hydrogen-bond acceptors (Lipinski definition) is 3. The van der Waals surface area contributed by atoms with E-state index in [1.807, 2.05) is 6.07 Å². The molecule has 0 radical (unpaired) electrons. The summed E-state index contributed by atoms with van der Waals surface area (Å²) in [7, 11) is 0. The summed E-state index contributed by atoms with van der Waals surface area (Å²) >= 11 is 3.33. The van der Waals surface area contributed by atoms with Gasteiger partial charge < -0.3 is 5.32 Å². The molecule has 0 aliphatic heterocycles. The van der Waals surface area contributed by atoms with Gasteiger partial charge >= 0.3 is 0 Å². The fraction of sp³-hybridized carbons (Fsp3) is 0.286. The molecule has 0 saturated carbocycles. The molecule has 2 aromatic rings. The molecule has 1 heterocycles. The number of halogens is 2. The first-order valence-corrected chi connectivity index (χ1v) is 6.85. The largest absolute Gasteiger partial charge is 0.366 e. The van der Waals surface area contributed by atoms with Gasteiger partial charge in [-0.1, -0.05) is 29.8 Å². The maximum atomic E-state index is 13.6. The second kappa shape index (κ2) is 6.10. The van der Waals surface area contributed by atoms with Crippen LogP contribution in [-0.4, -0.2) is 9.97 Å². The maximum Gasteiger partial charge on any atom is 0.129 e. The highest BCUT2D eigenvalue weighted by molar-refractivity contribution is 9.10. The second-order valence-electron chi connectivity index (χ2n) is 4.57. The summed E-state index contributed by atoms with van der Waals surface area (Å²) in [4.78, 5) is 8.33. The van der Waals surface area contributed by atoms with Crippen molar-refractivity contribution in [3.05, 3.63) is 52.1 Å². The molecule has 0 amide bonds. The van der Waals surface area contributed by atoms with Crippen molar-refractivity contribution < 1.29 is 4.39 Å². The Kier molecular flexibility index (Phi) is 4.47. The standard InChI is InChI=1S/C14H15BrFN3/c1-9(2)13-6-14(19-8-18-13)17-7-10-5-11(15)3-4-12(10)16/h3-6,8-9H,7H2,1-2H3,(H,17,18,19). The van der Waals surface area contributed by atoms with Gasteiger partial charge in [-0.2, -0.15) is 0 Å². The highest BCUT2D eigenvalue weighted by atomic mass is 79.9. The molecule has 0 unspecified atom stereocenters. The Balaban J connectivity index is 2.10. The predicted octanol–water partition coefficient (Wildman–Crippen LogP) is 4.11. The summed E-state index contributed by atoms with van der Waals surface area (Å²) in [5.41, 5.74) is 1.56.